The second kappa shape index (κ2) is 4.97. The fourth-order valence-corrected chi connectivity index (χ4v) is 2.44. The molecule has 0 bridgehead atoms. The Morgan fingerprint density at radius 2 is 2.42 bits per heavy atom. The predicted octanol–water partition coefficient (Wildman–Crippen LogP) is 0.658. The molecular weight excluding hydrogens is 242 g/mol. The number of hydrogen-bond acceptors (Lipinski definition) is 4. The van der Waals surface area contributed by atoms with Crippen LogP contribution in [-0.2, 0) is 4.79 Å². The summed E-state index contributed by atoms with van der Waals surface area (Å²) in [5.41, 5.74) is 0.789. The fourth-order valence-electron chi connectivity index (χ4n) is 2.44. The first-order valence-corrected chi connectivity index (χ1v) is 6.59. The molecule has 6 nitrogen and oxygen atoms in total. The fraction of sp³-hybridized carbons (Fsp3) is 0.462. The van der Waals surface area contributed by atoms with Gasteiger partial charge in [0.1, 0.15) is 0 Å². The maximum absolute atomic E-state index is 12.1. The number of aromatic nitrogens is 3. The van der Waals surface area contributed by atoms with Crippen LogP contribution in [0.2, 0.25) is 0 Å². The molecule has 1 saturated heterocycles. The van der Waals surface area contributed by atoms with Crippen LogP contribution < -0.4 is 10.6 Å². The van der Waals surface area contributed by atoms with Crippen LogP contribution in [0.3, 0.4) is 0 Å². The molecule has 1 unspecified atom stereocenters. The highest BCUT2D eigenvalue weighted by Crippen LogP contribution is 2.13. The topological polar surface area (TPSA) is 71.3 Å². The molecule has 2 atom stereocenters. The van der Waals surface area contributed by atoms with E-state index in [0.717, 1.165) is 30.9 Å². The minimum atomic E-state index is -0.160. The number of nitrogens with zero attached hydrogens (tertiary/aromatic N) is 3. The second-order valence-electron chi connectivity index (χ2n) is 4.87. The van der Waals surface area contributed by atoms with Gasteiger partial charge in [0, 0.05) is 6.20 Å². The quantitative estimate of drug-likeness (QED) is 0.849. The summed E-state index contributed by atoms with van der Waals surface area (Å²) in [6.45, 7) is 2.84. The molecule has 0 aromatic carbocycles. The van der Waals surface area contributed by atoms with Crippen LogP contribution in [0, 0.1) is 0 Å². The van der Waals surface area contributed by atoms with E-state index in [0.29, 0.717) is 0 Å². The van der Waals surface area contributed by atoms with E-state index in [1.54, 1.807) is 0 Å². The molecule has 19 heavy (non-hydrogen) atoms. The van der Waals surface area contributed by atoms with E-state index in [4.69, 9.17) is 0 Å². The number of amides is 1. The number of nitrogens with one attached hydrogen (secondary N) is 2. The molecule has 0 aliphatic carbocycles. The molecule has 0 spiro atoms. The third-order valence-electron chi connectivity index (χ3n) is 3.46. The zero-order valence-corrected chi connectivity index (χ0v) is 10.8. The minimum absolute atomic E-state index is 0.0395. The first-order valence-electron chi connectivity index (χ1n) is 6.59. The van der Waals surface area contributed by atoms with Crippen molar-refractivity contribution in [2.45, 2.75) is 31.8 Å². The molecule has 3 rings (SSSR count). The van der Waals surface area contributed by atoms with E-state index in [9.17, 15) is 4.79 Å². The largest absolute Gasteiger partial charge is 0.345 e. The molecule has 100 valence electrons. The Labute approximate surface area is 111 Å². The lowest BCUT2D eigenvalue weighted by molar-refractivity contribution is -0.123. The van der Waals surface area contributed by atoms with Gasteiger partial charge < -0.3 is 10.6 Å². The van der Waals surface area contributed by atoms with Gasteiger partial charge in [-0.05, 0) is 38.4 Å². The molecule has 2 N–H and O–H groups in total. The molecule has 1 aliphatic rings. The predicted molar refractivity (Wildman–Crippen MR) is 70.6 cm³/mol. The van der Waals surface area contributed by atoms with Gasteiger partial charge in [-0.1, -0.05) is 6.07 Å². The van der Waals surface area contributed by atoms with Crippen molar-refractivity contribution in [3.05, 3.63) is 30.2 Å². The zero-order valence-electron chi connectivity index (χ0n) is 10.8. The van der Waals surface area contributed by atoms with Crippen molar-refractivity contribution in [1.29, 1.82) is 0 Å². The van der Waals surface area contributed by atoms with Crippen molar-refractivity contribution in [1.82, 2.24) is 25.2 Å². The molecule has 1 amide bonds. The molecule has 1 fully saturated rings. The Hall–Kier alpha value is -1.95. The minimum Gasteiger partial charge on any atom is -0.345 e. The van der Waals surface area contributed by atoms with Gasteiger partial charge in [-0.2, -0.15) is 0 Å². The van der Waals surface area contributed by atoms with E-state index in [2.05, 4.69) is 20.8 Å². The SMILES string of the molecule is CC(NC(=O)[C@H]1CCCN1)c1nnc2ccccn12. The maximum atomic E-state index is 12.1. The van der Waals surface area contributed by atoms with Gasteiger partial charge in [0.2, 0.25) is 5.91 Å². The Morgan fingerprint density at radius 1 is 1.53 bits per heavy atom. The van der Waals surface area contributed by atoms with Crippen molar-refractivity contribution >= 4 is 11.6 Å². The highest BCUT2D eigenvalue weighted by atomic mass is 16.2. The van der Waals surface area contributed by atoms with E-state index >= 15 is 0 Å². The van der Waals surface area contributed by atoms with Crippen LogP contribution in [0.5, 0.6) is 0 Å². The summed E-state index contributed by atoms with van der Waals surface area (Å²) in [6, 6.07) is 5.50. The second-order valence-corrected chi connectivity index (χ2v) is 4.87. The molecule has 3 heterocycles. The van der Waals surface area contributed by atoms with E-state index in [1.807, 2.05) is 35.7 Å². The summed E-state index contributed by atoms with van der Waals surface area (Å²) in [7, 11) is 0. The van der Waals surface area contributed by atoms with Crippen LogP contribution in [0.15, 0.2) is 24.4 Å². The lowest BCUT2D eigenvalue weighted by atomic mass is 10.2. The molecule has 2 aromatic rings. The summed E-state index contributed by atoms with van der Waals surface area (Å²) in [5.74, 6) is 0.791. The van der Waals surface area contributed by atoms with E-state index in [1.165, 1.54) is 0 Å². The number of rotatable bonds is 3. The highest BCUT2D eigenvalue weighted by Gasteiger charge is 2.24. The highest BCUT2D eigenvalue weighted by molar-refractivity contribution is 5.82. The van der Waals surface area contributed by atoms with Gasteiger partial charge in [-0.25, -0.2) is 0 Å². The molecule has 0 radical (unpaired) electrons. The van der Waals surface area contributed by atoms with Gasteiger partial charge in [0.25, 0.3) is 0 Å². The smallest absolute Gasteiger partial charge is 0.237 e. The van der Waals surface area contributed by atoms with Crippen molar-refractivity contribution in [2.24, 2.45) is 0 Å². The van der Waals surface area contributed by atoms with Crippen LogP contribution in [0.25, 0.3) is 5.65 Å². The molecule has 6 heteroatoms. The number of hydrogen-bond donors (Lipinski definition) is 2. The summed E-state index contributed by atoms with van der Waals surface area (Å²) in [6.07, 6.45) is 3.86. The van der Waals surface area contributed by atoms with E-state index < -0.39 is 0 Å². The first kappa shape index (κ1) is 12.1. The Morgan fingerprint density at radius 3 is 3.21 bits per heavy atom. The normalized spacial score (nSPS) is 20.6. The Balaban J connectivity index is 1.76. The number of carbonyl (C=O) groups excluding carboxylic acids is 1. The van der Waals surface area contributed by atoms with Crippen LogP contribution in [0.4, 0.5) is 0 Å². The van der Waals surface area contributed by atoms with Gasteiger partial charge >= 0.3 is 0 Å². The monoisotopic (exact) mass is 259 g/mol. The van der Waals surface area contributed by atoms with Crippen molar-refractivity contribution in [3.63, 3.8) is 0 Å². The van der Waals surface area contributed by atoms with Gasteiger partial charge in [0.15, 0.2) is 11.5 Å². The van der Waals surface area contributed by atoms with Gasteiger partial charge in [0.05, 0.1) is 12.1 Å². The zero-order chi connectivity index (χ0) is 13.2. The molecule has 1 aliphatic heterocycles. The van der Waals surface area contributed by atoms with Gasteiger partial charge in [-0.15, -0.1) is 10.2 Å². The number of fused-ring (bicyclic) bond motifs is 1. The molecule has 2 aromatic heterocycles. The standard InChI is InChI=1S/C13H17N5O/c1-9(15-13(19)10-5-4-7-14-10)12-17-16-11-6-2-3-8-18(11)12/h2-3,6,8-10,14H,4-5,7H2,1H3,(H,15,19)/t9?,10-/m1/s1. The summed E-state index contributed by atoms with van der Waals surface area (Å²) in [5, 5.41) is 14.4. The number of pyridine rings is 1. The summed E-state index contributed by atoms with van der Waals surface area (Å²) in [4.78, 5) is 12.1. The van der Waals surface area contributed by atoms with Crippen LogP contribution in [0.1, 0.15) is 31.6 Å². The van der Waals surface area contributed by atoms with Gasteiger partial charge in [-0.3, -0.25) is 9.20 Å². The van der Waals surface area contributed by atoms with Crippen molar-refractivity contribution in [3.8, 4) is 0 Å². The Kier molecular flexibility index (Phi) is 3.16. The third kappa shape index (κ3) is 2.31. The van der Waals surface area contributed by atoms with Crippen LogP contribution >= 0.6 is 0 Å². The maximum Gasteiger partial charge on any atom is 0.237 e. The molecular formula is C13H17N5O. The lowest BCUT2D eigenvalue weighted by Gasteiger charge is -2.16. The van der Waals surface area contributed by atoms with E-state index in [-0.39, 0.29) is 18.0 Å². The first-order chi connectivity index (χ1) is 9.25. The van der Waals surface area contributed by atoms with Crippen molar-refractivity contribution < 1.29 is 4.79 Å². The summed E-state index contributed by atoms with van der Waals surface area (Å²) >= 11 is 0. The average Bonchev–Trinajstić information content (AvgIpc) is 3.08. The molecule has 0 saturated carbocycles. The average molecular weight is 259 g/mol. The lowest BCUT2D eigenvalue weighted by Crippen LogP contribution is -2.41. The Bertz CT molecular complexity index is 587. The van der Waals surface area contributed by atoms with Crippen LogP contribution in [-0.4, -0.2) is 33.1 Å². The summed E-state index contributed by atoms with van der Waals surface area (Å²) < 4.78 is 1.90. The third-order valence-corrected chi connectivity index (χ3v) is 3.46. The number of carbonyl (C=O) groups is 1. The van der Waals surface area contributed by atoms with Crippen molar-refractivity contribution in [2.75, 3.05) is 6.54 Å².